The van der Waals surface area contributed by atoms with E-state index >= 15 is 0 Å². The molecule has 10 fully saturated rings. The maximum atomic E-state index is 13.3. The molecule has 51 atom stereocenters. The lowest BCUT2D eigenvalue weighted by Crippen LogP contribution is -2.71. The molecule has 0 aliphatic carbocycles. The van der Waals surface area contributed by atoms with Crippen molar-refractivity contribution < 1.29 is 267 Å². The van der Waals surface area contributed by atoms with Gasteiger partial charge in [0, 0.05) is 27.2 Å². The number of carbonyl (C=O) groups is 5. The van der Waals surface area contributed by atoms with Crippen molar-refractivity contribution in [1.82, 2.24) is 21.3 Å². The zero-order valence-electron chi connectivity index (χ0n) is 68.9. The summed E-state index contributed by atoms with van der Waals surface area (Å²) in [5.74, 6) is -9.79. The van der Waals surface area contributed by atoms with E-state index in [4.69, 9.17) is 90.0 Å². The number of hydrogen-bond donors (Lipinski definition) is 34. The Bertz CT molecular complexity index is 3550. The molecule has 58 heteroatoms. The third-order valence-corrected chi connectivity index (χ3v) is 23.5. The maximum Gasteiger partial charge on any atom is 0.364 e. The van der Waals surface area contributed by atoms with E-state index in [2.05, 4.69) is 21.3 Å². The first-order valence-corrected chi connectivity index (χ1v) is 40.8. The molecule has 10 saturated heterocycles. The molecule has 0 bridgehead atoms. The normalized spacial score (nSPS) is 48.1. The molecule has 0 unspecified atom stereocenters. The van der Waals surface area contributed by atoms with Crippen molar-refractivity contribution in [3.63, 3.8) is 0 Å². The number of amides is 4. The topological polar surface area (TPSA) is 916 Å². The molecule has 0 radical (unpaired) electrons. The van der Waals surface area contributed by atoms with E-state index in [1.165, 1.54) is 6.92 Å². The first kappa shape index (κ1) is 106. The predicted octanol–water partition coefficient (Wildman–Crippen LogP) is -23.0. The van der Waals surface area contributed by atoms with Crippen LogP contribution in [-0.2, 0) is 114 Å². The summed E-state index contributed by atoms with van der Waals surface area (Å²) >= 11 is 0. The van der Waals surface area contributed by atoms with Gasteiger partial charge in [0.05, 0.1) is 77.7 Å². The lowest BCUT2D eigenvalue weighted by atomic mass is 9.88. The van der Waals surface area contributed by atoms with E-state index in [-0.39, 0.29) is 0 Å². The van der Waals surface area contributed by atoms with Crippen molar-refractivity contribution in [2.24, 2.45) is 0 Å². The third-order valence-electron chi connectivity index (χ3n) is 23.5. The zero-order chi connectivity index (χ0) is 95.3. The Morgan fingerprint density at radius 1 is 0.349 bits per heavy atom. The number of carboxylic acid groups (broad SMARTS) is 1. The number of hydrogen-bond acceptors (Lipinski definition) is 53. The van der Waals surface area contributed by atoms with Gasteiger partial charge in [-0.05, 0) is 6.92 Å². The Labute approximate surface area is 728 Å². The van der Waals surface area contributed by atoms with Gasteiger partial charge in [-0.2, -0.15) is 0 Å². The molecule has 10 aliphatic heterocycles. The maximum absolute atomic E-state index is 13.3. The quantitative estimate of drug-likeness (QED) is 0.0280. The largest absolute Gasteiger partial charge is 0.477 e. The van der Waals surface area contributed by atoms with Crippen LogP contribution in [0.1, 0.15) is 34.1 Å². The average molecular weight is 1890 g/mol. The standard InChI is InChI=1S/C71H118N4O54/c1-16-35(90)45(100)48(103)64(113-16)112-15-29-55(42(97)32(61(108)114-29)72-17(2)84)122-62-33(73-18(3)85)43(98)53(26(11-81)119-62)123-67-51(106)58(41(96)28(121-67)14-111-65-50(105)57(39(94)24(9-79)115-65)125-66-49(104)46(101)37(92)22(7-77)116-66)126-69-60(47(102)38(93)23(8-78)118-69)127-63-34(74-19(4)86)44(99)54(27(12-82)120-63)124-68-52(107)59(40(95)25(10-80)117-68)129-71(70(109)110)5-20(87)31(75-30(89)13-83)56(128-71)36(91)21(88)6-76/h16,20-29,31-69,76-83,87-88,90-108H,5-15H2,1-4H3,(H,72,84)(H,73,85)(H,74,86)(H,75,89)(H,109,110)/t16-,20+,21-,22-,23-,24-,25-,26-,27-,28-,29-,31-,32-,33-,34-,35+,36-,37-,38-,39-,40+,41-,42-,43-,44-,45+,46+,47+,48-,49+,50+,51+,52-,53-,54-,55-,56-,57+,58+,59+,60+,61+,62+,63+,64-,65+,66-,67+,68+,69-,71+/m1/s1. The molecular formula is C71H118N4O54. The van der Waals surface area contributed by atoms with E-state index in [0.29, 0.717) is 0 Å². The lowest BCUT2D eigenvalue weighted by Gasteiger charge is -2.51. The molecule has 0 aromatic heterocycles. The number of rotatable bonds is 35. The Balaban J connectivity index is 0.955. The van der Waals surface area contributed by atoms with E-state index in [0.717, 1.165) is 20.8 Å². The summed E-state index contributed by atoms with van der Waals surface area (Å²) in [6, 6.07) is -7.88. The van der Waals surface area contributed by atoms with Gasteiger partial charge >= 0.3 is 5.97 Å². The summed E-state index contributed by atoms with van der Waals surface area (Å²) in [4.78, 5) is 64.6. The van der Waals surface area contributed by atoms with Crippen LogP contribution in [0.2, 0.25) is 0 Å². The number of carbonyl (C=O) groups excluding carboxylic acids is 4. The summed E-state index contributed by atoms with van der Waals surface area (Å²) in [5.41, 5.74) is 0. The molecular weight excluding hydrogens is 1770 g/mol. The van der Waals surface area contributed by atoms with Gasteiger partial charge in [-0.25, -0.2) is 4.79 Å². The Hall–Kier alpha value is -4.57. The molecule has 58 nitrogen and oxygen atoms in total. The van der Waals surface area contributed by atoms with Crippen LogP contribution in [-0.4, -0.2) is 561 Å². The summed E-state index contributed by atoms with van der Waals surface area (Å²) in [6.45, 7) is -7.82. The van der Waals surface area contributed by atoms with Gasteiger partial charge in [-0.1, -0.05) is 0 Å². The fraction of sp³-hybridized carbons (Fsp3) is 0.930. The van der Waals surface area contributed by atoms with Crippen LogP contribution in [0.15, 0.2) is 0 Å². The Morgan fingerprint density at radius 2 is 0.713 bits per heavy atom. The minimum atomic E-state index is -3.39. The van der Waals surface area contributed by atoms with Gasteiger partial charge in [-0.15, -0.1) is 0 Å². The van der Waals surface area contributed by atoms with E-state index in [1.807, 2.05) is 0 Å². The lowest BCUT2D eigenvalue weighted by molar-refractivity contribution is -0.400. The van der Waals surface area contributed by atoms with Crippen molar-refractivity contribution in [2.45, 2.75) is 347 Å². The minimum Gasteiger partial charge on any atom is -0.477 e. The van der Waals surface area contributed by atoms with Crippen LogP contribution < -0.4 is 21.3 Å². The molecule has 34 N–H and O–H groups in total. The highest BCUT2D eigenvalue weighted by molar-refractivity contribution is 5.78. The van der Waals surface area contributed by atoms with Crippen molar-refractivity contribution in [2.75, 3.05) is 66.1 Å². The molecule has 0 spiro atoms. The predicted molar refractivity (Wildman–Crippen MR) is 393 cm³/mol. The first-order valence-electron chi connectivity index (χ1n) is 40.8. The van der Waals surface area contributed by atoms with Crippen molar-refractivity contribution in [3.8, 4) is 0 Å². The molecule has 10 heterocycles. The average Bonchev–Trinajstić information content (AvgIpc) is 0.692. The third kappa shape index (κ3) is 23.5. The Morgan fingerprint density at radius 3 is 1.21 bits per heavy atom. The van der Waals surface area contributed by atoms with Gasteiger partial charge in [0.1, 0.15) is 238 Å². The minimum absolute atomic E-state index is 0.847. The highest BCUT2D eigenvalue weighted by Crippen LogP contribution is 2.43. The summed E-state index contributed by atoms with van der Waals surface area (Å²) in [7, 11) is 0. The van der Waals surface area contributed by atoms with E-state index in [9.17, 15) is 177 Å². The van der Waals surface area contributed by atoms with Crippen molar-refractivity contribution in [1.29, 1.82) is 0 Å². The van der Waals surface area contributed by atoms with Gasteiger partial charge in [-0.3, -0.25) is 19.2 Å². The molecule has 10 aliphatic rings. The number of ether oxygens (including phenoxy) is 19. The van der Waals surface area contributed by atoms with Crippen LogP contribution >= 0.6 is 0 Å². The first-order chi connectivity index (χ1) is 60.9. The number of aliphatic hydroxyl groups excluding tert-OH is 29. The van der Waals surface area contributed by atoms with Gasteiger partial charge in [0.2, 0.25) is 23.6 Å². The molecule has 10 rings (SSSR count). The monoisotopic (exact) mass is 1890 g/mol. The molecule has 129 heavy (non-hydrogen) atoms. The second kappa shape index (κ2) is 46.1. The van der Waals surface area contributed by atoms with E-state index in [1.54, 1.807) is 0 Å². The highest BCUT2D eigenvalue weighted by Gasteiger charge is 2.64. The smallest absolute Gasteiger partial charge is 0.364 e. The molecule has 0 aromatic rings. The summed E-state index contributed by atoms with van der Waals surface area (Å²) in [5, 5.41) is 343. The molecule has 0 saturated carbocycles. The van der Waals surface area contributed by atoms with Crippen LogP contribution in [0, 0.1) is 0 Å². The van der Waals surface area contributed by atoms with Crippen molar-refractivity contribution >= 4 is 29.6 Å². The summed E-state index contributed by atoms with van der Waals surface area (Å²) in [6.07, 6.45) is -101. The molecule has 0 aromatic carbocycles. The number of carboxylic acids is 1. The fourth-order valence-electron chi connectivity index (χ4n) is 16.5. The molecule has 746 valence electrons. The van der Waals surface area contributed by atoms with E-state index < -0.39 is 414 Å². The van der Waals surface area contributed by atoms with Crippen LogP contribution in [0.3, 0.4) is 0 Å². The zero-order valence-corrected chi connectivity index (χ0v) is 68.9. The Kier molecular flexibility index (Phi) is 38.0. The van der Waals surface area contributed by atoms with Crippen LogP contribution in [0.4, 0.5) is 0 Å². The second-order valence-electron chi connectivity index (χ2n) is 32.4. The van der Waals surface area contributed by atoms with Crippen LogP contribution in [0.5, 0.6) is 0 Å². The number of nitrogens with one attached hydrogen (secondary N) is 4. The highest BCUT2D eigenvalue weighted by atomic mass is 16.8. The molecule has 4 amide bonds. The fourth-order valence-corrected chi connectivity index (χ4v) is 16.5. The van der Waals surface area contributed by atoms with Gasteiger partial charge in [0.15, 0.2) is 56.6 Å². The second-order valence-corrected chi connectivity index (χ2v) is 32.4. The van der Waals surface area contributed by atoms with Crippen molar-refractivity contribution in [3.05, 3.63) is 0 Å². The van der Waals surface area contributed by atoms with Gasteiger partial charge < -0.3 is 264 Å². The van der Waals surface area contributed by atoms with Gasteiger partial charge in [0.25, 0.3) is 5.79 Å². The summed E-state index contributed by atoms with van der Waals surface area (Å²) < 4.78 is 112. The number of aliphatic carboxylic acids is 1. The number of aliphatic hydroxyl groups is 29. The SMILES string of the molecule is CC(=O)N[C@@H]1[C@@H](O)[C@H](O[C@@H]2O[C@H](CO)[C@@H](O[C@@H]3O[C@H](CO[C@H]4O[C@H](CO)[C@@H](O)[C@H](O[C@H]5O[C@H](CO)[C@@H](O)[C@H](O)[C@@H]5O)[C@@H]4O)[C@@H](O)[C@H](O[C@H]4O[C@H](CO)[C@@H](O)[C@H](O)[C@@H]4O[C@@H]4O[C@H](CO)[C@@H](O[C@@H]5O[C@H](CO)[C@H](O)[C@H](O[C@]6(C(=O)O)C[C@H](O)[C@@H](NC(=O)CO)[C@H]([C@H](O)[C@H](O)CO)O6)[C@H]5O)[C@H](O)[C@H]4NC(C)=O)[C@@H]3O)[C@H](O)[C@H]2NC(C)=O)[C@@H](CO[C@@H]2O[C@H](C)[C@H](O)[C@H](O)[C@H]2O)O[C@@H]1O. The van der Waals surface area contributed by atoms with Crippen LogP contribution in [0.25, 0.3) is 0 Å².